The zero-order valence-electron chi connectivity index (χ0n) is 12.7. The predicted molar refractivity (Wildman–Crippen MR) is 86.0 cm³/mol. The molecule has 21 heavy (non-hydrogen) atoms. The standard InChI is InChI=1S/C19H22N2/c1-18-13-19(10-4-5-11-19)14-21(18)16-8-3-2-7-15(16)20-12-6-9-17(18)20/h2-3,6-9,12H,4-5,10-11,13-14H2,1H3. The SMILES string of the molecule is CC12CC3(CCCC3)CN1c1ccccc1-n1cccc12. The van der Waals surface area contributed by atoms with E-state index in [4.69, 9.17) is 0 Å². The minimum absolute atomic E-state index is 0.169. The van der Waals surface area contributed by atoms with Crippen LogP contribution in [0.4, 0.5) is 5.69 Å². The van der Waals surface area contributed by atoms with Crippen molar-refractivity contribution in [1.82, 2.24) is 4.57 Å². The maximum absolute atomic E-state index is 2.71. The third kappa shape index (κ3) is 1.38. The van der Waals surface area contributed by atoms with Crippen LogP contribution in [0.2, 0.25) is 0 Å². The highest BCUT2D eigenvalue weighted by molar-refractivity contribution is 5.69. The van der Waals surface area contributed by atoms with Crippen LogP contribution in [0.1, 0.15) is 44.7 Å². The van der Waals surface area contributed by atoms with Gasteiger partial charge in [-0.25, -0.2) is 0 Å². The maximum Gasteiger partial charge on any atom is 0.0786 e. The smallest absolute Gasteiger partial charge is 0.0786 e. The first kappa shape index (κ1) is 11.9. The van der Waals surface area contributed by atoms with E-state index in [1.54, 1.807) is 0 Å². The fraction of sp³-hybridized carbons (Fsp3) is 0.474. The first-order valence-electron chi connectivity index (χ1n) is 8.27. The van der Waals surface area contributed by atoms with Crippen molar-refractivity contribution < 1.29 is 0 Å². The number of aromatic nitrogens is 1. The molecule has 0 N–H and O–H groups in total. The second kappa shape index (κ2) is 3.73. The van der Waals surface area contributed by atoms with Crippen LogP contribution in [0, 0.1) is 5.41 Å². The molecule has 2 heteroatoms. The van der Waals surface area contributed by atoms with Crippen LogP contribution in [0.3, 0.4) is 0 Å². The van der Waals surface area contributed by atoms with Crippen LogP contribution >= 0.6 is 0 Å². The summed E-state index contributed by atoms with van der Waals surface area (Å²) in [5.74, 6) is 0. The maximum atomic E-state index is 2.71. The van der Waals surface area contributed by atoms with Gasteiger partial charge in [-0.3, -0.25) is 0 Å². The van der Waals surface area contributed by atoms with Gasteiger partial charge in [-0.2, -0.15) is 0 Å². The van der Waals surface area contributed by atoms with Crippen molar-refractivity contribution in [3.8, 4) is 5.69 Å². The molecule has 1 saturated carbocycles. The van der Waals surface area contributed by atoms with Gasteiger partial charge in [0, 0.05) is 18.4 Å². The molecular weight excluding hydrogens is 256 g/mol. The van der Waals surface area contributed by atoms with Crippen LogP contribution in [-0.2, 0) is 5.54 Å². The molecule has 2 fully saturated rings. The Morgan fingerprint density at radius 1 is 0.952 bits per heavy atom. The van der Waals surface area contributed by atoms with Crippen molar-refractivity contribution >= 4 is 5.69 Å². The molecule has 1 spiro atoms. The summed E-state index contributed by atoms with van der Waals surface area (Å²) in [5.41, 5.74) is 4.98. The molecule has 108 valence electrons. The zero-order valence-corrected chi connectivity index (χ0v) is 12.7. The van der Waals surface area contributed by atoms with Crippen LogP contribution in [0.5, 0.6) is 0 Å². The largest absolute Gasteiger partial charge is 0.358 e. The molecular formula is C19H22N2. The summed E-state index contributed by atoms with van der Waals surface area (Å²) in [5, 5.41) is 0. The fourth-order valence-electron chi connectivity index (χ4n) is 5.36. The Balaban J connectivity index is 1.75. The molecule has 2 aliphatic heterocycles. The molecule has 1 aliphatic carbocycles. The number of fused-ring (bicyclic) bond motifs is 6. The number of benzene rings is 1. The van der Waals surface area contributed by atoms with Gasteiger partial charge in [-0.1, -0.05) is 25.0 Å². The van der Waals surface area contributed by atoms with E-state index in [1.165, 1.54) is 55.7 Å². The van der Waals surface area contributed by atoms with Gasteiger partial charge >= 0.3 is 0 Å². The number of hydrogen-bond donors (Lipinski definition) is 0. The molecule has 2 nitrogen and oxygen atoms in total. The van der Waals surface area contributed by atoms with Crippen LogP contribution in [-0.4, -0.2) is 11.1 Å². The van der Waals surface area contributed by atoms with Crippen molar-refractivity contribution in [2.24, 2.45) is 5.41 Å². The predicted octanol–water partition coefficient (Wildman–Crippen LogP) is 4.48. The molecule has 0 amide bonds. The summed E-state index contributed by atoms with van der Waals surface area (Å²) >= 11 is 0. The lowest BCUT2D eigenvalue weighted by Crippen LogP contribution is -2.43. The summed E-state index contributed by atoms with van der Waals surface area (Å²) in [6.45, 7) is 3.70. The fourth-order valence-corrected chi connectivity index (χ4v) is 5.36. The van der Waals surface area contributed by atoms with E-state index in [9.17, 15) is 0 Å². The normalized spacial score (nSPS) is 28.5. The van der Waals surface area contributed by atoms with E-state index in [2.05, 4.69) is 59.0 Å². The number of rotatable bonds is 0. The van der Waals surface area contributed by atoms with Crippen molar-refractivity contribution in [3.63, 3.8) is 0 Å². The van der Waals surface area contributed by atoms with Gasteiger partial charge < -0.3 is 9.47 Å². The average Bonchev–Trinajstić information content (AvgIpc) is 3.19. The van der Waals surface area contributed by atoms with Gasteiger partial charge in [0.1, 0.15) is 0 Å². The van der Waals surface area contributed by atoms with E-state index >= 15 is 0 Å². The second-order valence-electron chi connectivity index (χ2n) is 7.50. The van der Waals surface area contributed by atoms with Gasteiger partial charge in [0.25, 0.3) is 0 Å². The van der Waals surface area contributed by atoms with Gasteiger partial charge in [0.05, 0.1) is 16.9 Å². The average molecular weight is 278 g/mol. The summed E-state index contributed by atoms with van der Waals surface area (Å²) in [6.07, 6.45) is 9.23. The lowest BCUT2D eigenvalue weighted by molar-refractivity contribution is 0.299. The molecule has 1 saturated heterocycles. The zero-order chi connectivity index (χ0) is 14.1. The van der Waals surface area contributed by atoms with Crippen LogP contribution in [0.15, 0.2) is 42.6 Å². The van der Waals surface area contributed by atoms with Gasteiger partial charge in [0.2, 0.25) is 0 Å². The number of anilines is 1. The quantitative estimate of drug-likeness (QED) is 0.690. The molecule has 2 aromatic rings. The number of hydrogen-bond acceptors (Lipinski definition) is 1. The van der Waals surface area contributed by atoms with Crippen molar-refractivity contribution in [3.05, 3.63) is 48.3 Å². The Kier molecular flexibility index (Phi) is 2.12. The molecule has 1 aromatic heterocycles. The number of nitrogens with zero attached hydrogens (tertiary/aromatic N) is 2. The first-order chi connectivity index (χ1) is 10.2. The Morgan fingerprint density at radius 2 is 1.71 bits per heavy atom. The molecule has 5 rings (SSSR count). The van der Waals surface area contributed by atoms with Crippen LogP contribution < -0.4 is 4.90 Å². The van der Waals surface area contributed by atoms with Gasteiger partial charge in [-0.15, -0.1) is 0 Å². The number of para-hydroxylation sites is 2. The van der Waals surface area contributed by atoms with E-state index < -0.39 is 0 Å². The monoisotopic (exact) mass is 278 g/mol. The van der Waals surface area contributed by atoms with E-state index in [-0.39, 0.29) is 5.54 Å². The molecule has 3 aliphatic rings. The van der Waals surface area contributed by atoms with Crippen molar-refractivity contribution in [1.29, 1.82) is 0 Å². The summed E-state index contributed by atoms with van der Waals surface area (Å²) in [7, 11) is 0. The lowest BCUT2D eigenvalue weighted by atomic mass is 9.78. The first-order valence-corrected chi connectivity index (χ1v) is 8.27. The molecule has 1 unspecified atom stereocenters. The highest BCUT2D eigenvalue weighted by atomic mass is 15.3. The van der Waals surface area contributed by atoms with E-state index in [1.807, 2.05) is 0 Å². The second-order valence-corrected chi connectivity index (χ2v) is 7.50. The highest BCUT2D eigenvalue weighted by Gasteiger charge is 2.55. The topological polar surface area (TPSA) is 8.17 Å². The third-order valence-corrected chi connectivity index (χ3v) is 6.21. The minimum Gasteiger partial charge on any atom is -0.358 e. The molecule has 1 atom stereocenters. The molecule has 0 radical (unpaired) electrons. The molecule has 0 bridgehead atoms. The third-order valence-electron chi connectivity index (χ3n) is 6.21. The summed E-state index contributed by atoms with van der Waals surface area (Å²) in [6, 6.07) is 13.5. The van der Waals surface area contributed by atoms with E-state index in [0.29, 0.717) is 5.41 Å². The minimum atomic E-state index is 0.169. The molecule has 3 heterocycles. The Labute approximate surface area is 126 Å². The Bertz CT molecular complexity index is 708. The Hall–Kier alpha value is -1.70. The van der Waals surface area contributed by atoms with Crippen molar-refractivity contribution in [2.45, 2.75) is 44.6 Å². The lowest BCUT2D eigenvalue weighted by Gasteiger charge is -2.43. The van der Waals surface area contributed by atoms with Crippen LogP contribution in [0.25, 0.3) is 5.69 Å². The summed E-state index contributed by atoms with van der Waals surface area (Å²) < 4.78 is 2.42. The van der Waals surface area contributed by atoms with E-state index in [0.717, 1.165) is 0 Å². The Morgan fingerprint density at radius 3 is 2.52 bits per heavy atom. The summed E-state index contributed by atoms with van der Waals surface area (Å²) in [4.78, 5) is 2.71. The molecule has 1 aromatic carbocycles. The van der Waals surface area contributed by atoms with Gasteiger partial charge in [-0.05, 0) is 55.9 Å². The van der Waals surface area contributed by atoms with Crippen molar-refractivity contribution in [2.75, 3.05) is 11.4 Å². The highest BCUT2D eigenvalue weighted by Crippen LogP contribution is 2.58. The van der Waals surface area contributed by atoms with Gasteiger partial charge in [0.15, 0.2) is 0 Å².